The number of benzene rings is 1. The molecular weight excluding hydrogens is 230 g/mol. The minimum atomic E-state index is 0.719. The molecule has 0 aliphatic carbocycles. The van der Waals surface area contributed by atoms with E-state index in [1.54, 1.807) is 18.5 Å². The lowest BCUT2D eigenvalue weighted by Gasteiger charge is -2.03. The molecule has 17 heavy (non-hydrogen) atoms. The zero-order valence-corrected chi connectivity index (χ0v) is 9.76. The van der Waals surface area contributed by atoms with Crippen LogP contribution in [0.3, 0.4) is 0 Å². The average Bonchev–Trinajstić information content (AvgIpc) is 2.40. The number of hydrogen-bond donors (Lipinski definition) is 0. The number of fused-ring (bicyclic) bond motifs is 1. The summed E-state index contributed by atoms with van der Waals surface area (Å²) in [4.78, 5) is 12.8. The van der Waals surface area contributed by atoms with Gasteiger partial charge < -0.3 is 0 Å². The highest BCUT2D eigenvalue weighted by Crippen LogP contribution is 2.28. The molecule has 0 saturated carbocycles. The summed E-state index contributed by atoms with van der Waals surface area (Å²) in [6.45, 7) is 0. The molecule has 1 aromatic carbocycles. The van der Waals surface area contributed by atoms with Crippen LogP contribution in [-0.2, 0) is 0 Å². The molecule has 2 heterocycles. The van der Waals surface area contributed by atoms with Crippen molar-refractivity contribution in [1.82, 2.24) is 15.0 Å². The van der Waals surface area contributed by atoms with E-state index >= 15 is 0 Å². The summed E-state index contributed by atoms with van der Waals surface area (Å²) in [6, 6.07) is 12.0. The minimum absolute atomic E-state index is 0.719. The molecule has 0 saturated heterocycles. The normalized spacial score (nSPS) is 10.6. The molecule has 82 valence electrons. The molecule has 4 heteroatoms. The third kappa shape index (κ3) is 2.12. The fourth-order valence-electron chi connectivity index (χ4n) is 1.60. The standard InChI is InChI=1S/C13H9N3S/c1-2-5-11-10(4-1)6-9-14-12(11)17-13-15-7-3-8-16-13/h1-9H. The predicted molar refractivity (Wildman–Crippen MR) is 67.9 cm³/mol. The molecule has 0 fully saturated rings. The van der Waals surface area contributed by atoms with Gasteiger partial charge in [0.2, 0.25) is 0 Å². The van der Waals surface area contributed by atoms with Gasteiger partial charge in [-0.05, 0) is 29.3 Å². The maximum Gasteiger partial charge on any atom is 0.193 e. The molecule has 0 aliphatic heterocycles. The van der Waals surface area contributed by atoms with Gasteiger partial charge >= 0.3 is 0 Å². The Morgan fingerprint density at radius 3 is 2.47 bits per heavy atom. The Morgan fingerprint density at radius 1 is 0.765 bits per heavy atom. The van der Waals surface area contributed by atoms with E-state index in [2.05, 4.69) is 27.1 Å². The Balaban J connectivity index is 2.06. The van der Waals surface area contributed by atoms with Crippen molar-refractivity contribution >= 4 is 22.5 Å². The Kier molecular flexibility index (Phi) is 2.71. The van der Waals surface area contributed by atoms with Gasteiger partial charge in [-0.15, -0.1) is 0 Å². The van der Waals surface area contributed by atoms with Crippen molar-refractivity contribution in [3.05, 3.63) is 55.0 Å². The number of aromatic nitrogens is 3. The van der Waals surface area contributed by atoms with Crippen molar-refractivity contribution in [2.24, 2.45) is 0 Å². The molecule has 0 unspecified atom stereocenters. The van der Waals surface area contributed by atoms with Crippen LogP contribution in [0, 0.1) is 0 Å². The van der Waals surface area contributed by atoms with Gasteiger partial charge in [-0.2, -0.15) is 0 Å². The molecule has 0 amide bonds. The maximum absolute atomic E-state index is 4.39. The molecule has 0 N–H and O–H groups in total. The zero-order valence-electron chi connectivity index (χ0n) is 8.95. The molecule has 0 spiro atoms. The van der Waals surface area contributed by atoms with Crippen LogP contribution < -0.4 is 0 Å². The quantitative estimate of drug-likeness (QED) is 0.644. The van der Waals surface area contributed by atoms with Crippen LogP contribution >= 0.6 is 11.8 Å². The lowest BCUT2D eigenvalue weighted by Crippen LogP contribution is -1.86. The van der Waals surface area contributed by atoms with Gasteiger partial charge in [-0.25, -0.2) is 15.0 Å². The first-order valence-corrected chi connectivity index (χ1v) is 6.04. The van der Waals surface area contributed by atoms with E-state index in [0.29, 0.717) is 0 Å². The fraction of sp³-hybridized carbons (Fsp3) is 0. The third-order valence-electron chi connectivity index (χ3n) is 2.37. The highest BCUT2D eigenvalue weighted by molar-refractivity contribution is 7.99. The van der Waals surface area contributed by atoms with Crippen LogP contribution in [0.25, 0.3) is 10.8 Å². The van der Waals surface area contributed by atoms with E-state index in [0.717, 1.165) is 15.6 Å². The van der Waals surface area contributed by atoms with Crippen LogP contribution in [0.2, 0.25) is 0 Å². The molecule has 0 atom stereocenters. The number of rotatable bonds is 2. The highest BCUT2D eigenvalue weighted by atomic mass is 32.2. The minimum Gasteiger partial charge on any atom is -0.249 e. The second kappa shape index (κ2) is 4.51. The van der Waals surface area contributed by atoms with Crippen LogP contribution in [-0.4, -0.2) is 15.0 Å². The van der Waals surface area contributed by atoms with E-state index in [9.17, 15) is 0 Å². The number of pyridine rings is 1. The van der Waals surface area contributed by atoms with Crippen molar-refractivity contribution in [1.29, 1.82) is 0 Å². The van der Waals surface area contributed by atoms with E-state index in [4.69, 9.17) is 0 Å². The largest absolute Gasteiger partial charge is 0.249 e. The van der Waals surface area contributed by atoms with Crippen LogP contribution in [0.4, 0.5) is 0 Å². The van der Waals surface area contributed by atoms with E-state index in [1.165, 1.54) is 17.1 Å². The topological polar surface area (TPSA) is 38.7 Å². The summed E-state index contributed by atoms with van der Waals surface area (Å²) in [7, 11) is 0. The van der Waals surface area contributed by atoms with Crippen molar-refractivity contribution in [3.8, 4) is 0 Å². The van der Waals surface area contributed by atoms with Gasteiger partial charge in [-0.3, -0.25) is 0 Å². The molecule has 2 aromatic heterocycles. The average molecular weight is 239 g/mol. The molecule has 3 rings (SSSR count). The molecular formula is C13H9N3S. The maximum atomic E-state index is 4.39. The lowest BCUT2D eigenvalue weighted by molar-refractivity contribution is 0.962. The molecule has 3 nitrogen and oxygen atoms in total. The monoisotopic (exact) mass is 239 g/mol. The van der Waals surface area contributed by atoms with Crippen molar-refractivity contribution < 1.29 is 0 Å². The molecule has 0 bridgehead atoms. The summed E-state index contributed by atoms with van der Waals surface area (Å²) >= 11 is 1.48. The van der Waals surface area contributed by atoms with E-state index in [-0.39, 0.29) is 0 Å². The number of hydrogen-bond acceptors (Lipinski definition) is 4. The van der Waals surface area contributed by atoms with Crippen LogP contribution in [0.1, 0.15) is 0 Å². The Labute approximate surface area is 103 Å². The molecule has 0 radical (unpaired) electrons. The first-order valence-electron chi connectivity index (χ1n) is 5.22. The summed E-state index contributed by atoms with van der Waals surface area (Å²) < 4.78 is 0. The van der Waals surface area contributed by atoms with E-state index < -0.39 is 0 Å². The third-order valence-corrected chi connectivity index (χ3v) is 3.28. The van der Waals surface area contributed by atoms with Crippen molar-refractivity contribution in [2.45, 2.75) is 10.2 Å². The van der Waals surface area contributed by atoms with Gasteiger partial charge in [0.25, 0.3) is 0 Å². The summed E-state index contributed by atoms with van der Waals surface area (Å²) in [6.07, 6.45) is 5.29. The summed E-state index contributed by atoms with van der Waals surface area (Å²) in [5.41, 5.74) is 0. The second-order valence-corrected chi connectivity index (χ2v) is 4.43. The van der Waals surface area contributed by atoms with Crippen LogP contribution in [0.5, 0.6) is 0 Å². The van der Waals surface area contributed by atoms with Gasteiger partial charge in [-0.1, -0.05) is 24.3 Å². The van der Waals surface area contributed by atoms with Crippen molar-refractivity contribution in [3.63, 3.8) is 0 Å². The predicted octanol–water partition coefficient (Wildman–Crippen LogP) is 3.18. The molecule has 3 aromatic rings. The van der Waals surface area contributed by atoms with Gasteiger partial charge in [0.15, 0.2) is 5.16 Å². The highest BCUT2D eigenvalue weighted by Gasteiger charge is 2.05. The van der Waals surface area contributed by atoms with E-state index in [1.807, 2.05) is 24.4 Å². The zero-order chi connectivity index (χ0) is 11.5. The Morgan fingerprint density at radius 2 is 1.59 bits per heavy atom. The SMILES string of the molecule is c1cnc(Sc2nccc3ccccc23)nc1. The summed E-state index contributed by atoms with van der Waals surface area (Å²) in [5.74, 6) is 0. The summed E-state index contributed by atoms with van der Waals surface area (Å²) in [5, 5.41) is 3.97. The smallest absolute Gasteiger partial charge is 0.193 e. The second-order valence-electron chi connectivity index (χ2n) is 3.47. The van der Waals surface area contributed by atoms with Crippen LogP contribution in [0.15, 0.2) is 65.2 Å². The first kappa shape index (κ1) is 10.2. The lowest BCUT2D eigenvalue weighted by atomic mass is 10.2. The Hall–Kier alpha value is -1.94. The fourth-order valence-corrected chi connectivity index (χ4v) is 2.41. The first-order chi connectivity index (χ1) is 8.43. The van der Waals surface area contributed by atoms with Crippen molar-refractivity contribution in [2.75, 3.05) is 0 Å². The molecule has 0 aliphatic rings. The van der Waals surface area contributed by atoms with Gasteiger partial charge in [0.1, 0.15) is 5.03 Å². The van der Waals surface area contributed by atoms with Gasteiger partial charge in [0.05, 0.1) is 0 Å². The van der Waals surface area contributed by atoms with Gasteiger partial charge in [0, 0.05) is 24.0 Å². The Bertz CT molecular complexity index is 635. The number of nitrogens with zero attached hydrogens (tertiary/aromatic N) is 3.